The standard InChI is InChI=1S/C13H22O4/c14-12(15)10-6-3-1-2-4-7-11(13(16)17)9-5-8-10/h10-11H,1-9H2,(H,14,15)(H,16,17). The third kappa shape index (κ3) is 5.20. The molecule has 1 aliphatic carbocycles. The number of aliphatic carboxylic acids is 2. The minimum Gasteiger partial charge on any atom is -0.481 e. The quantitative estimate of drug-likeness (QED) is 0.780. The average Bonchev–Trinajstić information content (AvgIpc) is 2.31. The van der Waals surface area contributed by atoms with E-state index in [4.69, 9.17) is 10.2 Å². The Bertz CT molecular complexity index is 236. The molecule has 1 aliphatic rings. The van der Waals surface area contributed by atoms with Crippen LogP contribution in [0.5, 0.6) is 0 Å². The first-order valence-electron chi connectivity index (χ1n) is 6.57. The molecule has 4 heteroatoms. The summed E-state index contributed by atoms with van der Waals surface area (Å²) >= 11 is 0. The van der Waals surface area contributed by atoms with Crippen molar-refractivity contribution in [2.24, 2.45) is 11.8 Å². The molecule has 0 bridgehead atoms. The van der Waals surface area contributed by atoms with Crippen LogP contribution < -0.4 is 0 Å². The lowest BCUT2D eigenvalue weighted by atomic mass is 9.93. The van der Waals surface area contributed by atoms with Crippen LogP contribution in [0.25, 0.3) is 0 Å². The zero-order chi connectivity index (χ0) is 12.7. The highest BCUT2D eigenvalue weighted by Crippen LogP contribution is 2.24. The molecule has 2 N–H and O–H groups in total. The van der Waals surface area contributed by atoms with E-state index in [1.54, 1.807) is 0 Å². The van der Waals surface area contributed by atoms with Gasteiger partial charge in [0.25, 0.3) is 0 Å². The van der Waals surface area contributed by atoms with Crippen LogP contribution >= 0.6 is 0 Å². The van der Waals surface area contributed by atoms with Crippen molar-refractivity contribution in [3.8, 4) is 0 Å². The Morgan fingerprint density at radius 3 is 1.35 bits per heavy atom. The largest absolute Gasteiger partial charge is 0.481 e. The molecule has 4 nitrogen and oxygen atoms in total. The monoisotopic (exact) mass is 242 g/mol. The van der Waals surface area contributed by atoms with Crippen LogP contribution in [-0.4, -0.2) is 22.2 Å². The molecule has 0 spiro atoms. The number of hydrogen-bond donors (Lipinski definition) is 2. The highest BCUT2D eigenvalue weighted by molar-refractivity contribution is 5.70. The molecule has 2 unspecified atom stereocenters. The average molecular weight is 242 g/mol. The van der Waals surface area contributed by atoms with Crippen LogP contribution in [-0.2, 0) is 9.59 Å². The first-order valence-corrected chi connectivity index (χ1v) is 6.57. The molecule has 17 heavy (non-hydrogen) atoms. The molecule has 0 aromatic carbocycles. The maximum atomic E-state index is 11.0. The van der Waals surface area contributed by atoms with E-state index in [9.17, 15) is 9.59 Å². The smallest absolute Gasteiger partial charge is 0.306 e. The molecular weight excluding hydrogens is 220 g/mol. The third-order valence-electron chi connectivity index (χ3n) is 3.66. The summed E-state index contributed by atoms with van der Waals surface area (Å²) < 4.78 is 0. The summed E-state index contributed by atoms with van der Waals surface area (Å²) in [5, 5.41) is 18.1. The van der Waals surface area contributed by atoms with Gasteiger partial charge < -0.3 is 10.2 Å². The third-order valence-corrected chi connectivity index (χ3v) is 3.66. The molecule has 0 heterocycles. The summed E-state index contributed by atoms with van der Waals surface area (Å²) in [6, 6.07) is 0. The van der Waals surface area contributed by atoms with Gasteiger partial charge in [-0.1, -0.05) is 32.1 Å². The van der Waals surface area contributed by atoms with Gasteiger partial charge in [-0.25, -0.2) is 0 Å². The van der Waals surface area contributed by atoms with Crippen molar-refractivity contribution in [2.45, 2.75) is 57.8 Å². The Morgan fingerprint density at radius 1 is 0.647 bits per heavy atom. The summed E-state index contributed by atoms with van der Waals surface area (Å²) in [5.41, 5.74) is 0. The molecule has 0 aliphatic heterocycles. The Morgan fingerprint density at radius 2 is 1.00 bits per heavy atom. The van der Waals surface area contributed by atoms with Gasteiger partial charge in [-0.15, -0.1) is 0 Å². The Labute approximate surface area is 102 Å². The number of carboxylic acid groups (broad SMARTS) is 2. The van der Waals surface area contributed by atoms with Gasteiger partial charge in [0, 0.05) is 0 Å². The van der Waals surface area contributed by atoms with E-state index >= 15 is 0 Å². The minimum absolute atomic E-state index is 0.275. The van der Waals surface area contributed by atoms with E-state index in [-0.39, 0.29) is 11.8 Å². The topological polar surface area (TPSA) is 74.6 Å². The zero-order valence-corrected chi connectivity index (χ0v) is 10.2. The van der Waals surface area contributed by atoms with Gasteiger partial charge in [0.1, 0.15) is 0 Å². The second kappa shape index (κ2) is 7.30. The summed E-state index contributed by atoms with van der Waals surface area (Å²) in [6.07, 6.45) is 7.40. The van der Waals surface area contributed by atoms with E-state index in [1.165, 1.54) is 0 Å². The van der Waals surface area contributed by atoms with Gasteiger partial charge in [0.15, 0.2) is 0 Å². The fraction of sp³-hybridized carbons (Fsp3) is 0.846. The second-order valence-corrected chi connectivity index (χ2v) is 4.99. The predicted octanol–water partition coefficient (Wildman–Crippen LogP) is 2.91. The van der Waals surface area contributed by atoms with Crippen molar-refractivity contribution in [3.05, 3.63) is 0 Å². The minimum atomic E-state index is -0.726. The maximum Gasteiger partial charge on any atom is 0.306 e. The van der Waals surface area contributed by atoms with Gasteiger partial charge in [-0.2, -0.15) is 0 Å². The molecule has 0 aromatic heterocycles. The first-order chi connectivity index (χ1) is 8.11. The molecule has 2 atom stereocenters. The molecule has 1 fully saturated rings. The van der Waals surface area contributed by atoms with Gasteiger partial charge in [0.05, 0.1) is 11.8 Å². The Kier molecular flexibility index (Phi) is 6.01. The van der Waals surface area contributed by atoms with Crippen LogP contribution in [0.1, 0.15) is 57.8 Å². The molecule has 1 saturated carbocycles. The highest BCUT2D eigenvalue weighted by atomic mass is 16.4. The molecule has 0 amide bonds. The fourth-order valence-electron chi connectivity index (χ4n) is 2.53. The highest BCUT2D eigenvalue weighted by Gasteiger charge is 2.21. The zero-order valence-electron chi connectivity index (χ0n) is 10.2. The molecular formula is C13H22O4. The van der Waals surface area contributed by atoms with Gasteiger partial charge in [0.2, 0.25) is 0 Å². The molecule has 0 aromatic rings. The molecule has 1 rings (SSSR count). The maximum absolute atomic E-state index is 11.0. The number of rotatable bonds is 2. The van der Waals surface area contributed by atoms with Crippen molar-refractivity contribution < 1.29 is 19.8 Å². The normalized spacial score (nSPS) is 28.0. The van der Waals surface area contributed by atoms with E-state index in [0.29, 0.717) is 19.3 Å². The lowest BCUT2D eigenvalue weighted by Gasteiger charge is -2.13. The van der Waals surface area contributed by atoms with Crippen LogP contribution in [0.2, 0.25) is 0 Å². The van der Waals surface area contributed by atoms with Crippen molar-refractivity contribution in [3.63, 3.8) is 0 Å². The van der Waals surface area contributed by atoms with Crippen molar-refractivity contribution in [1.29, 1.82) is 0 Å². The summed E-state index contributed by atoms with van der Waals surface area (Å²) in [6.45, 7) is 0. The van der Waals surface area contributed by atoms with Gasteiger partial charge in [-0.3, -0.25) is 9.59 Å². The van der Waals surface area contributed by atoms with Gasteiger partial charge >= 0.3 is 11.9 Å². The number of carboxylic acids is 2. The lowest BCUT2D eigenvalue weighted by Crippen LogP contribution is -2.16. The number of hydrogen-bond acceptors (Lipinski definition) is 2. The SMILES string of the molecule is O=C(O)C1CCCCCCC(C(=O)O)CCC1. The Balaban J connectivity index is 2.51. The second-order valence-electron chi connectivity index (χ2n) is 4.99. The first kappa shape index (κ1) is 14.0. The Hall–Kier alpha value is -1.06. The summed E-state index contributed by atoms with van der Waals surface area (Å²) in [7, 11) is 0. The van der Waals surface area contributed by atoms with Crippen molar-refractivity contribution >= 4 is 11.9 Å². The van der Waals surface area contributed by atoms with Gasteiger partial charge in [-0.05, 0) is 25.7 Å². The molecule has 0 saturated heterocycles. The number of carbonyl (C=O) groups is 2. The van der Waals surface area contributed by atoms with Crippen molar-refractivity contribution in [1.82, 2.24) is 0 Å². The molecule has 0 radical (unpaired) electrons. The van der Waals surface area contributed by atoms with E-state index in [2.05, 4.69) is 0 Å². The molecule has 98 valence electrons. The fourth-order valence-corrected chi connectivity index (χ4v) is 2.53. The predicted molar refractivity (Wildman–Crippen MR) is 63.8 cm³/mol. The van der Waals surface area contributed by atoms with E-state index in [0.717, 1.165) is 38.5 Å². The summed E-state index contributed by atoms with van der Waals surface area (Å²) in [4.78, 5) is 22.0. The van der Waals surface area contributed by atoms with Crippen LogP contribution in [0, 0.1) is 11.8 Å². The van der Waals surface area contributed by atoms with Crippen molar-refractivity contribution in [2.75, 3.05) is 0 Å². The van der Waals surface area contributed by atoms with Crippen LogP contribution in [0.3, 0.4) is 0 Å². The lowest BCUT2D eigenvalue weighted by molar-refractivity contribution is -0.142. The van der Waals surface area contributed by atoms with E-state index < -0.39 is 11.9 Å². The van der Waals surface area contributed by atoms with Crippen LogP contribution in [0.4, 0.5) is 0 Å². The summed E-state index contributed by atoms with van der Waals surface area (Å²) in [5.74, 6) is -2.00. The van der Waals surface area contributed by atoms with Crippen LogP contribution in [0.15, 0.2) is 0 Å². The van der Waals surface area contributed by atoms with E-state index in [1.807, 2.05) is 0 Å².